The van der Waals surface area contributed by atoms with E-state index in [1.165, 1.54) is 42.1 Å². The van der Waals surface area contributed by atoms with Crippen LogP contribution in [0.25, 0.3) is 22.2 Å². The molecule has 0 saturated carbocycles. The number of fused-ring (bicyclic) bond motifs is 1. The third kappa shape index (κ3) is 10.1. The Balaban J connectivity index is 1.07. The summed E-state index contributed by atoms with van der Waals surface area (Å²) in [5, 5.41) is 5.48. The summed E-state index contributed by atoms with van der Waals surface area (Å²) in [5.41, 5.74) is 9.28. The lowest BCUT2D eigenvalue weighted by Crippen LogP contribution is -2.51. The second kappa shape index (κ2) is 20.2. The number of alkyl carbamates (subject to hydrolysis) is 2. The van der Waals surface area contributed by atoms with Gasteiger partial charge < -0.3 is 39.9 Å². The summed E-state index contributed by atoms with van der Waals surface area (Å²) in [5.74, 6) is 1.50. The largest absolute Gasteiger partial charge is 0.453 e. The Hall–Kier alpha value is -5.66. The van der Waals surface area contributed by atoms with Gasteiger partial charge in [0, 0.05) is 13.1 Å². The van der Waals surface area contributed by atoms with Crippen molar-refractivity contribution in [3.05, 3.63) is 82.8 Å². The van der Waals surface area contributed by atoms with Crippen molar-refractivity contribution in [1.82, 2.24) is 40.4 Å². The molecule has 4 amide bonds. The van der Waals surface area contributed by atoms with Gasteiger partial charge in [-0.15, -0.1) is 0 Å². The van der Waals surface area contributed by atoms with E-state index in [0.717, 1.165) is 99.0 Å². The van der Waals surface area contributed by atoms with Crippen LogP contribution in [0.2, 0.25) is 0 Å². The van der Waals surface area contributed by atoms with E-state index >= 15 is 0 Å². The maximum Gasteiger partial charge on any atom is 0.407 e. The first kappa shape index (κ1) is 45.4. The highest BCUT2D eigenvalue weighted by Gasteiger charge is 2.39. The lowest BCUT2D eigenvalue weighted by Gasteiger charge is -2.30. The van der Waals surface area contributed by atoms with E-state index in [-0.39, 0.29) is 35.7 Å². The monoisotopic (exact) mass is 863 g/mol. The van der Waals surface area contributed by atoms with Crippen LogP contribution in [-0.4, -0.2) is 93.1 Å². The van der Waals surface area contributed by atoms with Crippen LogP contribution in [-0.2, 0) is 19.1 Å². The second-order valence-corrected chi connectivity index (χ2v) is 18.2. The topological polar surface area (TPSA) is 175 Å². The number of nitrogens with zero attached hydrogens (tertiary/aromatic N) is 4. The third-order valence-electron chi connectivity index (χ3n) is 13.3. The number of nitrogens with one attached hydrogen (secondary N) is 4. The van der Waals surface area contributed by atoms with Gasteiger partial charge in [0.05, 0.1) is 49.2 Å². The van der Waals surface area contributed by atoms with Gasteiger partial charge in [-0.3, -0.25) is 9.59 Å². The number of hydrogen-bond acceptors (Lipinski definition) is 8. The van der Waals surface area contributed by atoms with Gasteiger partial charge in [0.15, 0.2) is 0 Å². The van der Waals surface area contributed by atoms with Crippen LogP contribution in [0.1, 0.15) is 140 Å². The van der Waals surface area contributed by atoms with Gasteiger partial charge in [0.1, 0.15) is 23.7 Å². The van der Waals surface area contributed by atoms with Crippen molar-refractivity contribution in [2.75, 3.05) is 27.3 Å². The number of imidazole rings is 2. The van der Waals surface area contributed by atoms with Gasteiger partial charge in [-0.2, -0.15) is 0 Å². The summed E-state index contributed by atoms with van der Waals surface area (Å²) >= 11 is 0. The molecule has 4 N–H and O–H groups in total. The summed E-state index contributed by atoms with van der Waals surface area (Å²) in [6.07, 6.45) is 20.3. The molecule has 2 saturated heterocycles. The van der Waals surface area contributed by atoms with Gasteiger partial charge in [-0.05, 0) is 116 Å². The fourth-order valence-electron chi connectivity index (χ4n) is 9.86. The lowest BCUT2D eigenvalue weighted by molar-refractivity contribution is -0.136. The van der Waals surface area contributed by atoms with Crippen LogP contribution in [0.3, 0.4) is 0 Å². The minimum absolute atomic E-state index is 0.0989. The molecule has 0 unspecified atom stereocenters. The van der Waals surface area contributed by atoms with Gasteiger partial charge in [-0.25, -0.2) is 19.6 Å². The van der Waals surface area contributed by atoms with Crippen LogP contribution in [0, 0.1) is 17.8 Å². The van der Waals surface area contributed by atoms with Crippen molar-refractivity contribution in [2.24, 2.45) is 17.8 Å². The smallest absolute Gasteiger partial charge is 0.407 e. The molecule has 4 aliphatic rings. The van der Waals surface area contributed by atoms with E-state index in [1.54, 1.807) is 0 Å². The molecule has 3 aromatic rings. The van der Waals surface area contributed by atoms with Crippen LogP contribution in [0.4, 0.5) is 9.59 Å². The van der Waals surface area contributed by atoms with E-state index in [1.807, 2.05) is 43.7 Å². The SMILES string of the molecule is CCC[C@H]1CC=C(CCC2=C(c3ccc4nc([C@@H]5CCCN5C(=O)[C@@H](NC(=O)OC)C(C)C)[nH]c4c3)CCC=C2)C=C1c1cnc([C@@H]2CCCN2C(=O)[C@@H](NC(=O)OC)C(C)C)[nH]1. The Morgan fingerprint density at radius 3 is 2.14 bits per heavy atom. The Kier molecular flexibility index (Phi) is 14.6. The lowest BCUT2D eigenvalue weighted by atomic mass is 9.82. The molecular weight excluding hydrogens is 797 g/mol. The van der Waals surface area contributed by atoms with Crippen molar-refractivity contribution in [1.29, 1.82) is 0 Å². The number of carbonyl (C=O) groups excluding carboxylic acids is 4. The fraction of sp³-hybridized carbons (Fsp3) is 0.551. The molecule has 2 aliphatic carbocycles. The average Bonchev–Trinajstić information content (AvgIpc) is 4.13. The number of likely N-dealkylation sites (tertiary alicyclic amines) is 2. The van der Waals surface area contributed by atoms with E-state index in [2.05, 4.69) is 70.0 Å². The first-order valence-electron chi connectivity index (χ1n) is 23.0. The van der Waals surface area contributed by atoms with E-state index in [4.69, 9.17) is 19.4 Å². The molecule has 0 radical (unpaired) electrons. The second-order valence-electron chi connectivity index (χ2n) is 18.2. The quantitative estimate of drug-likeness (QED) is 0.117. The fourth-order valence-corrected chi connectivity index (χ4v) is 9.86. The van der Waals surface area contributed by atoms with Gasteiger partial charge >= 0.3 is 12.2 Å². The summed E-state index contributed by atoms with van der Waals surface area (Å²) in [4.78, 5) is 72.5. The number of ether oxygens (including phenoxy) is 2. The highest BCUT2D eigenvalue weighted by Crippen LogP contribution is 2.40. The first-order valence-corrected chi connectivity index (χ1v) is 23.0. The number of allylic oxidation sites excluding steroid dienone is 8. The zero-order valence-electron chi connectivity index (χ0n) is 38.1. The number of amides is 4. The number of H-pyrrole nitrogens is 2. The number of hydrogen-bond donors (Lipinski definition) is 4. The highest BCUT2D eigenvalue weighted by molar-refractivity contribution is 5.88. The summed E-state index contributed by atoms with van der Waals surface area (Å²) in [7, 11) is 2.61. The molecular formula is C49H66N8O6. The standard InChI is InChI=1S/C49H66N8O6/c1-8-13-32-20-18-31(26-36(32)39-28-50-44(53-39)40-16-11-24-56(40)46(58)42(29(2)3)54-48(60)62-6)19-21-33-14-9-10-15-35(33)34-22-23-37-38(27-34)52-45(51-37)41-17-12-25-57(41)47(59)43(30(4)5)55-49(61)63-7/h9,14,18,22-23,26-30,32,40-43H,8,10-13,15-17,19-21,24-25H2,1-7H3,(H,50,53)(H,51,52)(H,54,60)(H,55,61)/t32-,40-,41-,42-,43-/m0/s1. The maximum atomic E-state index is 13.8. The van der Waals surface area contributed by atoms with Gasteiger partial charge in [0.2, 0.25) is 11.8 Å². The summed E-state index contributed by atoms with van der Waals surface area (Å²) in [6, 6.07) is 4.71. The van der Waals surface area contributed by atoms with Crippen molar-refractivity contribution < 1.29 is 28.7 Å². The van der Waals surface area contributed by atoms with Crippen molar-refractivity contribution in [3.63, 3.8) is 0 Å². The van der Waals surface area contributed by atoms with Gasteiger partial charge in [-0.1, -0.05) is 77.0 Å². The maximum absolute atomic E-state index is 13.8. The predicted molar refractivity (Wildman–Crippen MR) is 244 cm³/mol. The molecule has 4 heterocycles. The van der Waals surface area contributed by atoms with Gasteiger partial charge in [0.25, 0.3) is 0 Å². The zero-order valence-corrected chi connectivity index (χ0v) is 38.1. The number of carbonyl (C=O) groups is 4. The molecule has 5 atom stereocenters. The predicted octanol–water partition coefficient (Wildman–Crippen LogP) is 9.09. The Morgan fingerprint density at radius 2 is 1.52 bits per heavy atom. The summed E-state index contributed by atoms with van der Waals surface area (Å²) < 4.78 is 9.63. The minimum Gasteiger partial charge on any atom is -0.453 e. The molecule has 2 fully saturated rings. The molecule has 2 aromatic heterocycles. The molecule has 0 bridgehead atoms. The number of benzene rings is 1. The molecule has 0 spiro atoms. The van der Waals surface area contributed by atoms with Crippen LogP contribution >= 0.6 is 0 Å². The number of aromatic amines is 2. The molecule has 63 heavy (non-hydrogen) atoms. The van der Waals surface area contributed by atoms with Crippen molar-refractivity contribution in [2.45, 2.75) is 129 Å². The molecule has 338 valence electrons. The molecule has 14 nitrogen and oxygen atoms in total. The number of rotatable bonds is 15. The Morgan fingerprint density at radius 1 is 0.873 bits per heavy atom. The first-order chi connectivity index (χ1) is 30.4. The minimum atomic E-state index is -0.684. The highest BCUT2D eigenvalue weighted by atomic mass is 16.5. The van der Waals surface area contributed by atoms with Crippen LogP contribution in [0.5, 0.6) is 0 Å². The van der Waals surface area contributed by atoms with E-state index < -0.39 is 24.3 Å². The number of aromatic nitrogens is 4. The average molecular weight is 863 g/mol. The molecule has 14 heteroatoms. The molecule has 7 rings (SSSR count). The number of methoxy groups -OCH3 is 2. The zero-order chi connectivity index (χ0) is 44.8. The van der Waals surface area contributed by atoms with E-state index in [0.29, 0.717) is 19.0 Å². The van der Waals surface area contributed by atoms with E-state index in [9.17, 15) is 19.2 Å². The Labute approximate surface area is 371 Å². The van der Waals surface area contributed by atoms with Crippen LogP contribution < -0.4 is 10.6 Å². The molecule has 1 aromatic carbocycles. The Bertz CT molecular complexity index is 2280. The molecule has 2 aliphatic heterocycles. The normalized spacial score (nSPS) is 21.2. The third-order valence-corrected chi connectivity index (χ3v) is 13.3. The van der Waals surface area contributed by atoms with Crippen molar-refractivity contribution in [3.8, 4) is 0 Å². The summed E-state index contributed by atoms with van der Waals surface area (Å²) in [6.45, 7) is 11.1. The van der Waals surface area contributed by atoms with Crippen LogP contribution in [0.15, 0.2) is 59.8 Å². The van der Waals surface area contributed by atoms with Crippen molar-refractivity contribution >= 4 is 46.2 Å².